The van der Waals surface area contributed by atoms with Crippen molar-refractivity contribution in [2.75, 3.05) is 19.6 Å². The molecule has 2 unspecified atom stereocenters. The van der Waals surface area contributed by atoms with E-state index in [0.29, 0.717) is 0 Å². The first kappa shape index (κ1) is 7.56. The standard InChI is InChI=1S/C9H18N2/c1-8-4-6-11(8)7-9-3-2-5-10-9/h8-10H,2-7H2,1H3. The summed E-state index contributed by atoms with van der Waals surface area (Å²) >= 11 is 0. The second kappa shape index (κ2) is 3.11. The van der Waals surface area contributed by atoms with Crippen LogP contribution < -0.4 is 5.32 Å². The Bertz CT molecular complexity index is 130. The van der Waals surface area contributed by atoms with E-state index >= 15 is 0 Å². The van der Waals surface area contributed by atoms with E-state index in [1.807, 2.05) is 0 Å². The molecule has 2 heterocycles. The fourth-order valence-electron chi connectivity index (χ4n) is 2.04. The first-order valence-electron chi connectivity index (χ1n) is 4.83. The minimum atomic E-state index is 0.803. The van der Waals surface area contributed by atoms with Gasteiger partial charge in [0.2, 0.25) is 0 Å². The van der Waals surface area contributed by atoms with Gasteiger partial charge in [0.1, 0.15) is 0 Å². The second-order valence-corrected chi connectivity index (χ2v) is 3.93. The quantitative estimate of drug-likeness (QED) is 0.634. The lowest BCUT2D eigenvalue weighted by Crippen LogP contribution is -2.50. The zero-order valence-electron chi connectivity index (χ0n) is 7.34. The summed E-state index contributed by atoms with van der Waals surface area (Å²) in [5, 5.41) is 3.53. The van der Waals surface area contributed by atoms with E-state index in [1.165, 1.54) is 38.9 Å². The maximum absolute atomic E-state index is 3.53. The first-order valence-corrected chi connectivity index (χ1v) is 4.83. The molecule has 2 nitrogen and oxygen atoms in total. The van der Waals surface area contributed by atoms with Crippen molar-refractivity contribution >= 4 is 0 Å². The summed E-state index contributed by atoms with van der Waals surface area (Å²) in [6.07, 6.45) is 4.18. The molecule has 0 spiro atoms. The number of rotatable bonds is 2. The minimum Gasteiger partial charge on any atom is -0.313 e. The summed E-state index contributed by atoms with van der Waals surface area (Å²) in [6.45, 7) is 6.20. The monoisotopic (exact) mass is 154 g/mol. The molecule has 2 aliphatic rings. The molecule has 2 atom stereocenters. The van der Waals surface area contributed by atoms with Crippen LogP contribution in [-0.4, -0.2) is 36.6 Å². The van der Waals surface area contributed by atoms with Crippen LogP contribution in [0.3, 0.4) is 0 Å². The average Bonchev–Trinajstić information content (AvgIpc) is 2.49. The topological polar surface area (TPSA) is 15.3 Å². The number of nitrogens with zero attached hydrogens (tertiary/aromatic N) is 1. The summed E-state index contributed by atoms with van der Waals surface area (Å²) in [5.74, 6) is 0. The van der Waals surface area contributed by atoms with Crippen LogP contribution >= 0.6 is 0 Å². The predicted molar refractivity (Wildman–Crippen MR) is 46.7 cm³/mol. The van der Waals surface area contributed by atoms with Crippen molar-refractivity contribution in [1.82, 2.24) is 10.2 Å². The molecular weight excluding hydrogens is 136 g/mol. The highest BCUT2D eigenvalue weighted by molar-refractivity contribution is 4.85. The van der Waals surface area contributed by atoms with Gasteiger partial charge >= 0.3 is 0 Å². The third kappa shape index (κ3) is 1.57. The molecule has 0 amide bonds. The van der Waals surface area contributed by atoms with Gasteiger partial charge in [0, 0.05) is 18.6 Å². The third-order valence-electron chi connectivity index (χ3n) is 3.07. The molecule has 2 saturated heterocycles. The van der Waals surface area contributed by atoms with Gasteiger partial charge in [0.25, 0.3) is 0 Å². The van der Waals surface area contributed by atoms with Crippen LogP contribution in [0.4, 0.5) is 0 Å². The van der Waals surface area contributed by atoms with Gasteiger partial charge in [0.05, 0.1) is 0 Å². The summed E-state index contributed by atoms with van der Waals surface area (Å²) in [7, 11) is 0. The van der Waals surface area contributed by atoms with Crippen molar-refractivity contribution in [3.63, 3.8) is 0 Å². The molecule has 2 aliphatic heterocycles. The van der Waals surface area contributed by atoms with Crippen molar-refractivity contribution in [3.05, 3.63) is 0 Å². The molecule has 64 valence electrons. The van der Waals surface area contributed by atoms with Gasteiger partial charge in [-0.2, -0.15) is 0 Å². The Labute approximate surface area is 69.0 Å². The first-order chi connectivity index (χ1) is 5.36. The van der Waals surface area contributed by atoms with Gasteiger partial charge in [-0.3, -0.25) is 4.90 Å². The minimum absolute atomic E-state index is 0.803. The van der Waals surface area contributed by atoms with Crippen molar-refractivity contribution in [2.24, 2.45) is 0 Å². The van der Waals surface area contributed by atoms with Gasteiger partial charge in [0.15, 0.2) is 0 Å². The molecule has 2 heteroatoms. The number of hydrogen-bond acceptors (Lipinski definition) is 2. The lowest BCUT2D eigenvalue weighted by Gasteiger charge is -2.40. The van der Waals surface area contributed by atoms with E-state index in [-0.39, 0.29) is 0 Å². The van der Waals surface area contributed by atoms with Crippen molar-refractivity contribution < 1.29 is 0 Å². The Morgan fingerprint density at radius 3 is 2.82 bits per heavy atom. The molecule has 0 bridgehead atoms. The van der Waals surface area contributed by atoms with Gasteiger partial charge < -0.3 is 5.32 Å². The van der Waals surface area contributed by atoms with Crippen LogP contribution in [0.15, 0.2) is 0 Å². The van der Waals surface area contributed by atoms with Crippen LogP contribution in [0.5, 0.6) is 0 Å². The highest BCUT2D eigenvalue weighted by Gasteiger charge is 2.26. The molecule has 1 N–H and O–H groups in total. The lowest BCUT2D eigenvalue weighted by atomic mass is 10.0. The van der Waals surface area contributed by atoms with E-state index < -0.39 is 0 Å². The van der Waals surface area contributed by atoms with E-state index in [4.69, 9.17) is 0 Å². The number of hydrogen-bond donors (Lipinski definition) is 1. The van der Waals surface area contributed by atoms with Crippen LogP contribution in [0.25, 0.3) is 0 Å². The summed E-state index contributed by atoms with van der Waals surface area (Å²) < 4.78 is 0. The van der Waals surface area contributed by atoms with E-state index in [1.54, 1.807) is 0 Å². The predicted octanol–water partition coefficient (Wildman–Crippen LogP) is 0.833. The number of likely N-dealkylation sites (tertiary alicyclic amines) is 1. The second-order valence-electron chi connectivity index (χ2n) is 3.93. The molecule has 0 aromatic rings. The van der Waals surface area contributed by atoms with Crippen LogP contribution in [0.1, 0.15) is 26.2 Å². The van der Waals surface area contributed by atoms with E-state index in [2.05, 4.69) is 17.1 Å². The zero-order valence-corrected chi connectivity index (χ0v) is 7.34. The Hall–Kier alpha value is -0.0800. The van der Waals surface area contributed by atoms with E-state index in [0.717, 1.165) is 12.1 Å². The summed E-state index contributed by atoms with van der Waals surface area (Å²) in [5.41, 5.74) is 0. The van der Waals surface area contributed by atoms with Crippen LogP contribution in [0.2, 0.25) is 0 Å². The normalized spacial score (nSPS) is 39.0. The van der Waals surface area contributed by atoms with E-state index in [9.17, 15) is 0 Å². The average molecular weight is 154 g/mol. The number of nitrogens with one attached hydrogen (secondary N) is 1. The summed E-state index contributed by atoms with van der Waals surface area (Å²) in [6, 6.07) is 1.66. The Balaban J connectivity index is 1.72. The molecule has 0 saturated carbocycles. The zero-order chi connectivity index (χ0) is 7.68. The fraction of sp³-hybridized carbons (Fsp3) is 1.00. The van der Waals surface area contributed by atoms with Gasteiger partial charge in [-0.15, -0.1) is 0 Å². The van der Waals surface area contributed by atoms with Crippen LogP contribution in [-0.2, 0) is 0 Å². The SMILES string of the molecule is CC1CCN1CC1CCCN1. The van der Waals surface area contributed by atoms with Gasteiger partial charge in [-0.25, -0.2) is 0 Å². The Kier molecular flexibility index (Phi) is 2.14. The smallest absolute Gasteiger partial charge is 0.0195 e. The maximum Gasteiger partial charge on any atom is 0.0195 e. The highest BCUT2D eigenvalue weighted by atomic mass is 15.2. The fourth-order valence-corrected chi connectivity index (χ4v) is 2.04. The molecule has 0 radical (unpaired) electrons. The molecule has 0 aromatic heterocycles. The maximum atomic E-state index is 3.53. The van der Waals surface area contributed by atoms with Gasteiger partial charge in [-0.05, 0) is 39.3 Å². The molecule has 11 heavy (non-hydrogen) atoms. The van der Waals surface area contributed by atoms with Crippen molar-refractivity contribution in [1.29, 1.82) is 0 Å². The Morgan fingerprint density at radius 1 is 1.45 bits per heavy atom. The van der Waals surface area contributed by atoms with Crippen LogP contribution in [0, 0.1) is 0 Å². The van der Waals surface area contributed by atoms with Gasteiger partial charge in [-0.1, -0.05) is 0 Å². The molecule has 0 aliphatic carbocycles. The molecular formula is C9H18N2. The highest BCUT2D eigenvalue weighted by Crippen LogP contribution is 2.18. The molecule has 0 aromatic carbocycles. The third-order valence-corrected chi connectivity index (χ3v) is 3.07. The van der Waals surface area contributed by atoms with Crippen molar-refractivity contribution in [3.8, 4) is 0 Å². The molecule has 2 fully saturated rings. The largest absolute Gasteiger partial charge is 0.313 e. The lowest BCUT2D eigenvalue weighted by molar-refractivity contribution is 0.0941. The summed E-state index contributed by atoms with van der Waals surface area (Å²) in [4.78, 5) is 2.59. The van der Waals surface area contributed by atoms with Crippen molar-refractivity contribution in [2.45, 2.75) is 38.3 Å². The molecule has 2 rings (SSSR count). The Morgan fingerprint density at radius 2 is 2.36 bits per heavy atom.